The first-order chi connectivity index (χ1) is 6.04. The van der Waals surface area contributed by atoms with Gasteiger partial charge in [-0.3, -0.25) is 0 Å². The molecule has 0 aromatic rings. The molecule has 0 saturated heterocycles. The van der Waals surface area contributed by atoms with Crippen LogP contribution in [-0.2, 0) is 0 Å². The summed E-state index contributed by atoms with van der Waals surface area (Å²) in [5.74, 6) is 1.01. The lowest BCUT2D eigenvalue weighted by molar-refractivity contribution is 0.0537. The number of hydrogen-bond acceptors (Lipinski definition) is 0. The van der Waals surface area contributed by atoms with E-state index in [1.54, 1.807) is 0 Å². The van der Waals surface area contributed by atoms with Crippen LogP contribution in [0, 0.1) is 16.7 Å². The molecular formula is C13H24. The number of rotatable bonds is 0. The summed E-state index contributed by atoms with van der Waals surface area (Å²) in [6.45, 7) is 7.44. The number of hydrogen-bond donors (Lipinski definition) is 0. The van der Waals surface area contributed by atoms with E-state index in [9.17, 15) is 0 Å². The third-order valence-electron chi connectivity index (χ3n) is 4.72. The summed E-state index contributed by atoms with van der Waals surface area (Å²) in [4.78, 5) is 0. The summed E-state index contributed by atoms with van der Waals surface area (Å²) in [6.07, 6.45) is 10.5. The SMILES string of the molecule is CC1CCCC12CCCC(C)(C)C2. The second-order valence-corrected chi connectivity index (χ2v) is 6.35. The highest BCUT2D eigenvalue weighted by atomic mass is 14.5. The van der Waals surface area contributed by atoms with Crippen LogP contribution in [0.1, 0.15) is 65.7 Å². The Hall–Kier alpha value is 0. The molecule has 0 heterocycles. The molecule has 2 rings (SSSR count). The Labute approximate surface area is 83.1 Å². The highest BCUT2D eigenvalue weighted by Crippen LogP contribution is 2.57. The zero-order valence-electron chi connectivity index (χ0n) is 9.53. The lowest BCUT2D eigenvalue weighted by atomic mass is 9.60. The average Bonchev–Trinajstić information content (AvgIpc) is 2.31. The third-order valence-corrected chi connectivity index (χ3v) is 4.72. The smallest absolute Gasteiger partial charge is 0.0267 e. The normalized spacial score (nSPS) is 44.1. The zero-order valence-corrected chi connectivity index (χ0v) is 9.53. The fraction of sp³-hybridized carbons (Fsp3) is 1.00. The van der Waals surface area contributed by atoms with E-state index in [1.165, 1.54) is 44.9 Å². The van der Waals surface area contributed by atoms with Gasteiger partial charge in [-0.2, -0.15) is 0 Å². The van der Waals surface area contributed by atoms with E-state index in [0.717, 1.165) is 11.3 Å². The second kappa shape index (κ2) is 3.00. The Morgan fingerprint density at radius 1 is 1.00 bits per heavy atom. The first kappa shape index (κ1) is 9.55. The maximum atomic E-state index is 2.49. The van der Waals surface area contributed by atoms with Gasteiger partial charge in [0.05, 0.1) is 0 Å². The molecule has 2 aliphatic rings. The fourth-order valence-corrected chi connectivity index (χ4v) is 4.00. The Morgan fingerprint density at radius 3 is 2.23 bits per heavy atom. The maximum absolute atomic E-state index is 2.49. The van der Waals surface area contributed by atoms with Gasteiger partial charge in [-0.15, -0.1) is 0 Å². The van der Waals surface area contributed by atoms with E-state index in [0.29, 0.717) is 5.41 Å². The van der Waals surface area contributed by atoms with Gasteiger partial charge in [0.1, 0.15) is 0 Å². The van der Waals surface area contributed by atoms with Crippen LogP contribution in [0.5, 0.6) is 0 Å². The minimum absolute atomic E-state index is 0.636. The van der Waals surface area contributed by atoms with E-state index in [-0.39, 0.29) is 0 Å². The second-order valence-electron chi connectivity index (χ2n) is 6.35. The van der Waals surface area contributed by atoms with Gasteiger partial charge in [0, 0.05) is 0 Å². The molecule has 0 bridgehead atoms. The molecule has 13 heavy (non-hydrogen) atoms. The molecule has 0 N–H and O–H groups in total. The van der Waals surface area contributed by atoms with Crippen molar-refractivity contribution in [1.29, 1.82) is 0 Å². The van der Waals surface area contributed by atoms with Crippen molar-refractivity contribution in [2.75, 3.05) is 0 Å². The highest BCUT2D eigenvalue weighted by Gasteiger charge is 2.45. The van der Waals surface area contributed by atoms with Crippen molar-refractivity contribution in [3.63, 3.8) is 0 Å². The van der Waals surface area contributed by atoms with Crippen molar-refractivity contribution in [1.82, 2.24) is 0 Å². The summed E-state index contributed by atoms with van der Waals surface area (Å²) < 4.78 is 0. The first-order valence-electron chi connectivity index (χ1n) is 6.04. The van der Waals surface area contributed by atoms with Gasteiger partial charge in [-0.1, -0.05) is 40.0 Å². The van der Waals surface area contributed by atoms with Crippen molar-refractivity contribution in [3.8, 4) is 0 Å². The molecule has 0 aliphatic heterocycles. The summed E-state index contributed by atoms with van der Waals surface area (Å²) in [6, 6.07) is 0. The van der Waals surface area contributed by atoms with E-state index in [2.05, 4.69) is 20.8 Å². The van der Waals surface area contributed by atoms with Crippen molar-refractivity contribution in [2.24, 2.45) is 16.7 Å². The van der Waals surface area contributed by atoms with Crippen molar-refractivity contribution in [2.45, 2.75) is 65.7 Å². The van der Waals surface area contributed by atoms with Gasteiger partial charge in [0.2, 0.25) is 0 Å². The topological polar surface area (TPSA) is 0 Å². The predicted molar refractivity (Wildman–Crippen MR) is 57.7 cm³/mol. The van der Waals surface area contributed by atoms with Crippen LogP contribution in [0.25, 0.3) is 0 Å². The molecule has 2 saturated carbocycles. The fourth-order valence-electron chi connectivity index (χ4n) is 4.00. The van der Waals surface area contributed by atoms with Gasteiger partial charge in [-0.25, -0.2) is 0 Å². The van der Waals surface area contributed by atoms with Crippen molar-refractivity contribution in [3.05, 3.63) is 0 Å². The monoisotopic (exact) mass is 180 g/mol. The van der Waals surface area contributed by atoms with E-state index >= 15 is 0 Å². The molecule has 76 valence electrons. The first-order valence-corrected chi connectivity index (χ1v) is 6.04. The van der Waals surface area contributed by atoms with Crippen LogP contribution >= 0.6 is 0 Å². The molecule has 2 fully saturated rings. The standard InChI is InChI=1S/C13H24/c1-11-6-4-8-13(11)9-5-7-12(2,3)10-13/h11H,4-10H2,1-3H3. The summed E-state index contributed by atoms with van der Waals surface area (Å²) in [5, 5.41) is 0. The van der Waals surface area contributed by atoms with Gasteiger partial charge in [0.25, 0.3) is 0 Å². The minimum atomic E-state index is 0.636. The summed E-state index contributed by atoms with van der Waals surface area (Å²) >= 11 is 0. The molecule has 2 atom stereocenters. The molecular weight excluding hydrogens is 156 g/mol. The van der Waals surface area contributed by atoms with Crippen LogP contribution in [0.4, 0.5) is 0 Å². The van der Waals surface area contributed by atoms with Gasteiger partial charge in [0.15, 0.2) is 0 Å². The highest BCUT2D eigenvalue weighted by molar-refractivity contribution is 4.96. The molecule has 0 aromatic heterocycles. The average molecular weight is 180 g/mol. The van der Waals surface area contributed by atoms with E-state index < -0.39 is 0 Å². The molecule has 0 nitrogen and oxygen atoms in total. The molecule has 0 radical (unpaired) electrons. The molecule has 0 aromatic carbocycles. The quantitative estimate of drug-likeness (QED) is 0.518. The summed E-state index contributed by atoms with van der Waals surface area (Å²) in [7, 11) is 0. The molecule has 2 unspecified atom stereocenters. The van der Waals surface area contributed by atoms with Crippen LogP contribution in [0.2, 0.25) is 0 Å². The molecule has 2 aliphatic carbocycles. The minimum Gasteiger partial charge on any atom is -0.0620 e. The van der Waals surface area contributed by atoms with E-state index in [1.807, 2.05) is 0 Å². The maximum Gasteiger partial charge on any atom is -0.0267 e. The predicted octanol–water partition coefficient (Wildman–Crippen LogP) is 4.39. The Kier molecular flexibility index (Phi) is 2.20. The Morgan fingerprint density at radius 2 is 1.69 bits per heavy atom. The Bertz CT molecular complexity index is 192. The lowest BCUT2D eigenvalue weighted by Gasteiger charge is -2.45. The van der Waals surface area contributed by atoms with Crippen molar-refractivity contribution >= 4 is 0 Å². The largest absolute Gasteiger partial charge is 0.0620 e. The molecule has 0 heteroatoms. The lowest BCUT2D eigenvalue weighted by Crippen LogP contribution is -2.34. The third kappa shape index (κ3) is 1.65. The Balaban J connectivity index is 2.14. The molecule has 1 spiro atoms. The zero-order chi connectivity index (χ0) is 9.53. The van der Waals surface area contributed by atoms with Gasteiger partial charge in [-0.05, 0) is 42.4 Å². The van der Waals surface area contributed by atoms with E-state index in [4.69, 9.17) is 0 Å². The van der Waals surface area contributed by atoms with Crippen LogP contribution < -0.4 is 0 Å². The van der Waals surface area contributed by atoms with Crippen LogP contribution in [0.3, 0.4) is 0 Å². The summed E-state index contributed by atoms with van der Waals surface area (Å²) in [5.41, 5.74) is 1.40. The van der Waals surface area contributed by atoms with Crippen LogP contribution in [-0.4, -0.2) is 0 Å². The van der Waals surface area contributed by atoms with Gasteiger partial charge >= 0.3 is 0 Å². The van der Waals surface area contributed by atoms with Crippen LogP contribution in [0.15, 0.2) is 0 Å². The molecule has 0 amide bonds. The van der Waals surface area contributed by atoms with Crippen molar-refractivity contribution < 1.29 is 0 Å². The van der Waals surface area contributed by atoms with Gasteiger partial charge < -0.3 is 0 Å².